The molecule has 3 aromatic rings. The number of rotatable bonds is 9. The van der Waals surface area contributed by atoms with Gasteiger partial charge in [-0.3, -0.25) is 14.2 Å². The van der Waals surface area contributed by atoms with Gasteiger partial charge in [-0.05, 0) is 43.7 Å². The summed E-state index contributed by atoms with van der Waals surface area (Å²) in [4.78, 5) is 30.3. The van der Waals surface area contributed by atoms with Crippen molar-refractivity contribution < 1.29 is 19.0 Å². The Balaban J connectivity index is 0.00000481. The van der Waals surface area contributed by atoms with Gasteiger partial charge in [-0.2, -0.15) is 0 Å². The Labute approximate surface area is 237 Å². The first-order valence-corrected chi connectivity index (χ1v) is 11.0. The number of aromatic nitrogens is 2. The normalized spacial score (nSPS) is 9.97. The molecule has 0 atom stereocenters. The van der Waals surface area contributed by atoms with Gasteiger partial charge in [0.05, 0.1) is 24.6 Å². The van der Waals surface area contributed by atoms with E-state index in [1.165, 1.54) is 23.9 Å². The number of anilines is 2. The molecule has 0 aliphatic carbocycles. The van der Waals surface area contributed by atoms with Gasteiger partial charge in [0, 0.05) is 35.6 Å². The lowest BCUT2D eigenvalue weighted by Gasteiger charge is -2.17. The van der Waals surface area contributed by atoms with E-state index in [1.807, 2.05) is 13.8 Å². The number of benzene rings is 2. The molecule has 0 saturated carbocycles. The van der Waals surface area contributed by atoms with Crippen molar-refractivity contribution in [3.63, 3.8) is 0 Å². The van der Waals surface area contributed by atoms with Gasteiger partial charge in [-0.1, -0.05) is 6.58 Å². The Hall–Kier alpha value is -4.00. The minimum Gasteiger partial charge on any atom is -0.507 e. The van der Waals surface area contributed by atoms with Gasteiger partial charge in [0.25, 0.3) is 5.56 Å². The molecule has 0 aliphatic heterocycles. The highest BCUT2D eigenvalue weighted by Crippen LogP contribution is 2.28. The average Bonchev–Trinajstić information content (AvgIpc) is 2.79. The van der Waals surface area contributed by atoms with Crippen LogP contribution < -0.4 is 38.5 Å². The number of ether oxygens (including phenoxy) is 1. The van der Waals surface area contributed by atoms with Crippen LogP contribution in [0.5, 0.6) is 11.5 Å². The summed E-state index contributed by atoms with van der Waals surface area (Å²) in [6.07, 6.45) is 1.47. The van der Waals surface area contributed by atoms with Crippen LogP contribution in [-0.2, 0) is 17.9 Å². The summed E-state index contributed by atoms with van der Waals surface area (Å²) in [5.41, 5.74) is 12.2. The molecule has 1 amide bonds. The second-order valence-corrected chi connectivity index (χ2v) is 8.45. The van der Waals surface area contributed by atoms with Crippen molar-refractivity contribution in [1.82, 2.24) is 21.0 Å². The first-order chi connectivity index (χ1) is 17.0. The Morgan fingerprint density at radius 3 is 2.46 bits per heavy atom. The molecule has 214 valence electrons. The third-order valence-electron chi connectivity index (χ3n) is 5.18. The molecule has 0 radical (unpaired) electrons. The number of carbonyl (C=O) groups is 1. The second-order valence-electron chi connectivity index (χ2n) is 8.45. The van der Waals surface area contributed by atoms with Crippen LogP contribution in [0.2, 0.25) is 0 Å². The molecule has 0 saturated heterocycles. The first-order valence-electron chi connectivity index (χ1n) is 11.0. The van der Waals surface area contributed by atoms with E-state index in [1.54, 1.807) is 18.2 Å². The number of hydrogen-bond acceptors (Lipinski definition) is 9. The van der Waals surface area contributed by atoms with E-state index >= 15 is 0 Å². The van der Waals surface area contributed by atoms with Gasteiger partial charge in [0.1, 0.15) is 23.9 Å². The van der Waals surface area contributed by atoms with Gasteiger partial charge < -0.3 is 38.1 Å². The number of phenolic OH excluding ortho intramolecular Hbond substituents is 1. The SMILES string of the molecule is C=C(N)c1c(O)cc(CNC(=O)Cn2c(-c3cc(N)cc(OC)c3)cnc(NC(C)C)c2=O)cc1F.Cl.Cl.N. The molecule has 39 heavy (non-hydrogen) atoms. The Kier molecular flexibility index (Phi) is 13.3. The van der Waals surface area contributed by atoms with Crippen LogP contribution in [0.25, 0.3) is 17.0 Å². The quantitative estimate of drug-likeness (QED) is 0.204. The summed E-state index contributed by atoms with van der Waals surface area (Å²) in [6.45, 7) is 6.69. The van der Waals surface area contributed by atoms with Crippen LogP contribution >= 0.6 is 24.8 Å². The Bertz CT molecular complexity index is 1360. The number of amides is 1. The van der Waals surface area contributed by atoms with E-state index in [0.717, 1.165) is 6.07 Å². The van der Waals surface area contributed by atoms with Crippen molar-refractivity contribution >= 4 is 47.9 Å². The van der Waals surface area contributed by atoms with E-state index in [9.17, 15) is 19.1 Å². The predicted molar refractivity (Wildman–Crippen MR) is 156 cm³/mol. The lowest BCUT2D eigenvalue weighted by atomic mass is 10.1. The highest BCUT2D eigenvalue weighted by Gasteiger charge is 2.17. The third-order valence-corrected chi connectivity index (χ3v) is 5.18. The highest BCUT2D eigenvalue weighted by atomic mass is 35.5. The molecule has 10 N–H and O–H groups in total. The molecule has 0 bridgehead atoms. The number of nitrogen functional groups attached to an aromatic ring is 1. The van der Waals surface area contributed by atoms with Gasteiger partial charge in [-0.25, -0.2) is 9.37 Å². The average molecular weight is 586 g/mol. The molecular formula is C25H34Cl2FN7O4. The number of halogens is 3. The topological polar surface area (TPSA) is 193 Å². The summed E-state index contributed by atoms with van der Waals surface area (Å²) >= 11 is 0. The van der Waals surface area contributed by atoms with Crippen molar-refractivity contribution in [1.29, 1.82) is 0 Å². The Morgan fingerprint density at radius 1 is 1.23 bits per heavy atom. The second kappa shape index (κ2) is 14.8. The number of nitrogens with zero attached hydrogens (tertiary/aromatic N) is 2. The van der Waals surface area contributed by atoms with E-state index in [0.29, 0.717) is 28.3 Å². The van der Waals surface area contributed by atoms with E-state index in [4.69, 9.17) is 16.2 Å². The lowest BCUT2D eigenvalue weighted by molar-refractivity contribution is -0.121. The predicted octanol–water partition coefficient (Wildman–Crippen LogP) is 3.42. The van der Waals surface area contributed by atoms with Crippen molar-refractivity contribution in [2.24, 2.45) is 5.73 Å². The van der Waals surface area contributed by atoms with E-state index in [2.05, 4.69) is 22.2 Å². The number of carbonyl (C=O) groups excluding carboxylic acids is 1. The van der Waals surface area contributed by atoms with Gasteiger partial charge in [0.2, 0.25) is 5.91 Å². The minimum absolute atomic E-state index is 0. The van der Waals surface area contributed by atoms with Crippen LogP contribution in [0.3, 0.4) is 0 Å². The van der Waals surface area contributed by atoms with Crippen molar-refractivity contribution in [2.45, 2.75) is 33.0 Å². The molecule has 0 fully saturated rings. The fraction of sp³-hybridized carbons (Fsp3) is 0.240. The molecule has 3 rings (SSSR count). The summed E-state index contributed by atoms with van der Waals surface area (Å²) in [5, 5.41) is 15.6. The zero-order chi connectivity index (χ0) is 26.6. The highest BCUT2D eigenvalue weighted by molar-refractivity contribution is 5.85. The zero-order valence-electron chi connectivity index (χ0n) is 21.8. The number of methoxy groups -OCH3 is 1. The Morgan fingerprint density at radius 2 is 1.90 bits per heavy atom. The van der Waals surface area contributed by atoms with Crippen LogP contribution in [0.4, 0.5) is 15.9 Å². The molecule has 0 unspecified atom stereocenters. The number of phenols is 1. The van der Waals surface area contributed by atoms with Crippen molar-refractivity contribution in [3.8, 4) is 22.8 Å². The number of nitrogens with two attached hydrogens (primary N) is 2. The fourth-order valence-corrected chi connectivity index (χ4v) is 3.60. The molecule has 14 heteroatoms. The van der Waals surface area contributed by atoms with Crippen LogP contribution in [-0.4, -0.2) is 33.7 Å². The number of aromatic hydroxyl groups is 1. The molecule has 1 heterocycles. The van der Waals surface area contributed by atoms with Crippen LogP contribution in [0.1, 0.15) is 25.0 Å². The summed E-state index contributed by atoms with van der Waals surface area (Å²) in [7, 11) is 1.49. The summed E-state index contributed by atoms with van der Waals surface area (Å²) in [5.74, 6) is -1.12. The number of hydrogen-bond donors (Lipinski definition) is 6. The maximum absolute atomic E-state index is 14.3. The molecule has 1 aromatic heterocycles. The van der Waals surface area contributed by atoms with Crippen molar-refractivity contribution in [3.05, 3.63) is 70.4 Å². The number of nitrogens with one attached hydrogen (secondary N) is 2. The fourth-order valence-electron chi connectivity index (χ4n) is 3.60. The van der Waals surface area contributed by atoms with Gasteiger partial charge in [-0.15, -0.1) is 24.8 Å². The maximum atomic E-state index is 14.3. The summed E-state index contributed by atoms with van der Waals surface area (Å²) in [6, 6.07) is 7.30. The smallest absolute Gasteiger partial charge is 0.294 e. The zero-order valence-corrected chi connectivity index (χ0v) is 23.4. The molecule has 0 spiro atoms. The largest absolute Gasteiger partial charge is 0.507 e. The first kappa shape index (κ1) is 35.0. The third kappa shape index (κ3) is 8.50. The van der Waals surface area contributed by atoms with Gasteiger partial charge in [0.15, 0.2) is 5.82 Å². The molecular weight excluding hydrogens is 552 g/mol. The molecule has 11 nitrogen and oxygen atoms in total. The summed E-state index contributed by atoms with van der Waals surface area (Å²) < 4.78 is 20.8. The van der Waals surface area contributed by atoms with E-state index < -0.39 is 17.3 Å². The standard InChI is InChI=1S/C25H29FN6O4.2ClH.H3N/c1-13(2)31-24-25(35)32(20(11-30-24)16-7-17(28)9-18(8-16)36-4)12-22(34)29-10-15-5-19(26)23(14(3)27)21(33)6-15;;;/h5-9,11,13,33H,3,10,12,27-28H2,1-2,4H3,(H,29,34)(H,30,31);2*1H;1H3. The molecule has 2 aromatic carbocycles. The minimum atomic E-state index is -0.764. The lowest BCUT2D eigenvalue weighted by Crippen LogP contribution is -2.35. The molecule has 0 aliphatic rings. The van der Waals surface area contributed by atoms with E-state index in [-0.39, 0.29) is 72.9 Å². The van der Waals surface area contributed by atoms with Crippen LogP contribution in [0, 0.1) is 5.82 Å². The van der Waals surface area contributed by atoms with Crippen LogP contribution in [0.15, 0.2) is 47.9 Å². The maximum Gasteiger partial charge on any atom is 0.294 e. The monoisotopic (exact) mass is 585 g/mol. The van der Waals surface area contributed by atoms with Crippen molar-refractivity contribution in [2.75, 3.05) is 18.2 Å². The van der Waals surface area contributed by atoms with Gasteiger partial charge >= 0.3 is 0 Å².